The first kappa shape index (κ1) is 20.3. The number of pyridine rings is 1. The van der Waals surface area contributed by atoms with Crippen molar-refractivity contribution in [3.63, 3.8) is 0 Å². The van der Waals surface area contributed by atoms with Gasteiger partial charge in [0.1, 0.15) is 0 Å². The van der Waals surface area contributed by atoms with Gasteiger partial charge in [-0.15, -0.1) is 0 Å². The number of hydrogen-bond donors (Lipinski definition) is 0. The third-order valence-corrected chi connectivity index (χ3v) is 6.05. The highest BCUT2D eigenvalue weighted by atomic mass is 14.7. The number of hydrogen-bond acceptors (Lipinski definition) is 1. The van der Waals surface area contributed by atoms with E-state index in [0.717, 1.165) is 18.5 Å². The second-order valence-corrected chi connectivity index (χ2v) is 9.08. The zero-order chi connectivity index (χ0) is 20.4. The van der Waals surface area contributed by atoms with Crippen LogP contribution in [-0.2, 0) is 10.8 Å². The topological polar surface area (TPSA) is 12.9 Å². The van der Waals surface area contributed by atoms with Gasteiger partial charge in [-0.3, -0.25) is 4.98 Å². The molecule has 3 rings (SSSR count). The molecule has 146 valence electrons. The Bertz CT molecular complexity index is 985. The Morgan fingerprint density at radius 1 is 0.964 bits per heavy atom. The molecule has 0 aliphatic rings. The Labute approximate surface area is 170 Å². The summed E-state index contributed by atoms with van der Waals surface area (Å²) in [6.45, 7) is 13.7. The van der Waals surface area contributed by atoms with Gasteiger partial charge in [-0.05, 0) is 53.2 Å². The summed E-state index contributed by atoms with van der Waals surface area (Å²) in [5, 5.41) is 2.46. The van der Waals surface area contributed by atoms with Gasteiger partial charge in [0.2, 0.25) is 0 Å². The van der Waals surface area contributed by atoms with E-state index in [4.69, 9.17) is 4.98 Å². The van der Waals surface area contributed by atoms with E-state index in [2.05, 4.69) is 102 Å². The van der Waals surface area contributed by atoms with Crippen molar-refractivity contribution in [2.45, 2.75) is 65.2 Å². The molecular formula is C27H33N. The minimum Gasteiger partial charge on any atom is -0.256 e. The normalized spacial score (nSPS) is 14.5. The lowest BCUT2D eigenvalue weighted by Gasteiger charge is -2.32. The fourth-order valence-electron chi connectivity index (χ4n) is 3.87. The summed E-state index contributed by atoms with van der Waals surface area (Å²) in [4.78, 5) is 4.84. The van der Waals surface area contributed by atoms with Crippen LogP contribution in [0.15, 0.2) is 66.9 Å². The second kappa shape index (κ2) is 7.91. The highest BCUT2D eigenvalue weighted by Crippen LogP contribution is 2.41. The van der Waals surface area contributed by atoms with E-state index in [9.17, 15) is 0 Å². The van der Waals surface area contributed by atoms with E-state index in [1.165, 1.54) is 27.5 Å². The first-order valence-electron chi connectivity index (χ1n) is 10.4. The van der Waals surface area contributed by atoms with Crippen molar-refractivity contribution in [1.82, 2.24) is 4.98 Å². The van der Waals surface area contributed by atoms with Crippen LogP contribution in [-0.4, -0.2) is 4.98 Å². The van der Waals surface area contributed by atoms with Gasteiger partial charge >= 0.3 is 0 Å². The molecule has 0 spiro atoms. The van der Waals surface area contributed by atoms with Crippen LogP contribution in [0.25, 0.3) is 22.0 Å². The molecule has 0 saturated heterocycles. The average molecular weight is 372 g/mol. The van der Waals surface area contributed by atoms with Crippen LogP contribution in [0, 0.1) is 0 Å². The molecule has 0 N–H and O–H groups in total. The number of fused-ring (bicyclic) bond motifs is 1. The summed E-state index contributed by atoms with van der Waals surface area (Å²) in [5.41, 5.74) is 5.33. The van der Waals surface area contributed by atoms with Crippen LogP contribution in [0.5, 0.6) is 0 Å². The third-order valence-electron chi connectivity index (χ3n) is 6.05. The van der Waals surface area contributed by atoms with Crippen LogP contribution in [0.1, 0.15) is 65.5 Å². The van der Waals surface area contributed by atoms with Crippen molar-refractivity contribution in [2.24, 2.45) is 0 Å². The van der Waals surface area contributed by atoms with Gasteiger partial charge in [0.05, 0.1) is 5.69 Å². The maximum atomic E-state index is 4.84. The van der Waals surface area contributed by atoms with Crippen LogP contribution < -0.4 is 0 Å². The van der Waals surface area contributed by atoms with Crippen LogP contribution in [0.2, 0.25) is 0 Å². The Morgan fingerprint density at radius 3 is 2.39 bits per heavy atom. The predicted octanol–water partition coefficient (Wildman–Crippen LogP) is 7.83. The van der Waals surface area contributed by atoms with Gasteiger partial charge in [0, 0.05) is 17.1 Å². The monoisotopic (exact) mass is 371 g/mol. The molecule has 0 radical (unpaired) electrons. The van der Waals surface area contributed by atoms with Crippen molar-refractivity contribution in [2.75, 3.05) is 0 Å². The zero-order valence-electron chi connectivity index (χ0n) is 18.2. The lowest BCUT2D eigenvalue weighted by Crippen LogP contribution is -2.23. The molecule has 0 aliphatic carbocycles. The molecule has 1 heterocycles. The standard InChI is InChI=1S/C27H33N/c1-7-9-17-27(6,8-2)24-19-21(26(3,4)5)14-15-23(24)25-22-13-11-10-12-20(22)16-18-28-25/h7,9-16,18-19H,8,17H2,1-6H3/b9-7-. The molecule has 0 bridgehead atoms. The summed E-state index contributed by atoms with van der Waals surface area (Å²) < 4.78 is 0. The maximum absolute atomic E-state index is 4.84. The Morgan fingerprint density at radius 2 is 1.71 bits per heavy atom. The fraction of sp³-hybridized carbons (Fsp3) is 0.370. The van der Waals surface area contributed by atoms with Crippen LogP contribution in [0.3, 0.4) is 0 Å². The zero-order valence-corrected chi connectivity index (χ0v) is 18.2. The quantitative estimate of drug-likeness (QED) is 0.416. The van der Waals surface area contributed by atoms with Crippen LogP contribution >= 0.6 is 0 Å². The molecule has 1 unspecified atom stereocenters. The van der Waals surface area contributed by atoms with Crippen molar-refractivity contribution in [3.8, 4) is 11.3 Å². The van der Waals surface area contributed by atoms with Crippen molar-refractivity contribution >= 4 is 10.8 Å². The molecule has 1 atom stereocenters. The van der Waals surface area contributed by atoms with E-state index in [-0.39, 0.29) is 10.8 Å². The summed E-state index contributed by atoms with van der Waals surface area (Å²) in [6.07, 6.45) is 8.52. The maximum Gasteiger partial charge on any atom is 0.0783 e. The number of allylic oxidation sites excluding steroid dienone is 2. The number of nitrogens with zero attached hydrogens (tertiary/aromatic N) is 1. The van der Waals surface area contributed by atoms with E-state index < -0.39 is 0 Å². The van der Waals surface area contributed by atoms with Gasteiger partial charge in [0.25, 0.3) is 0 Å². The van der Waals surface area contributed by atoms with Gasteiger partial charge in [0.15, 0.2) is 0 Å². The lowest BCUT2D eigenvalue weighted by atomic mass is 9.72. The second-order valence-electron chi connectivity index (χ2n) is 9.08. The smallest absolute Gasteiger partial charge is 0.0783 e. The molecule has 3 aromatic rings. The van der Waals surface area contributed by atoms with E-state index in [1.54, 1.807) is 0 Å². The van der Waals surface area contributed by atoms with Gasteiger partial charge < -0.3 is 0 Å². The molecular weight excluding hydrogens is 338 g/mol. The van der Waals surface area contributed by atoms with E-state index >= 15 is 0 Å². The lowest BCUT2D eigenvalue weighted by molar-refractivity contribution is 0.459. The molecule has 1 heteroatoms. The first-order valence-corrected chi connectivity index (χ1v) is 10.4. The Kier molecular flexibility index (Phi) is 5.74. The minimum atomic E-state index is 0.0712. The van der Waals surface area contributed by atoms with Crippen molar-refractivity contribution < 1.29 is 0 Å². The molecule has 0 fully saturated rings. The molecule has 0 aliphatic heterocycles. The summed E-state index contributed by atoms with van der Waals surface area (Å²) in [5.74, 6) is 0. The highest BCUT2D eigenvalue weighted by molar-refractivity contribution is 5.95. The van der Waals surface area contributed by atoms with E-state index in [0.29, 0.717) is 0 Å². The molecule has 0 saturated carbocycles. The highest BCUT2D eigenvalue weighted by Gasteiger charge is 2.29. The molecule has 1 aromatic heterocycles. The summed E-state index contributed by atoms with van der Waals surface area (Å²) in [7, 11) is 0. The predicted molar refractivity (Wildman–Crippen MR) is 123 cm³/mol. The van der Waals surface area contributed by atoms with Crippen LogP contribution in [0.4, 0.5) is 0 Å². The number of benzene rings is 2. The minimum absolute atomic E-state index is 0.0712. The average Bonchev–Trinajstić information content (AvgIpc) is 2.70. The van der Waals surface area contributed by atoms with Crippen molar-refractivity contribution in [3.05, 3.63) is 78.0 Å². The first-order chi connectivity index (χ1) is 13.3. The number of aromatic nitrogens is 1. The van der Waals surface area contributed by atoms with Gasteiger partial charge in [-0.2, -0.15) is 0 Å². The van der Waals surface area contributed by atoms with Gasteiger partial charge in [-0.1, -0.05) is 89.2 Å². The molecule has 0 amide bonds. The Balaban J connectivity index is 2.31. The fourth-order valence-corrected chi connectivity index (χ4v) is 3.87. The number of rotatable bonds is 5. The largest absolute Gasteiger partial charge is 0.256 e. The third kappa shape index (κ3) is 3.90. The molecule has 28 heavy (non-hydrogen) atoms. The Hall–Kier alpha value is -2.41. The molecule has 2 aromatic carbocycles. The molecule has 1 nitrogen and oxygen atoms in total. The van der Waals surface area contributed by atoms with E-state index in [1.807, 2.05) is 6.20 Å². The SMILES string of the molecule is C/C=C\CC(C)(CC)c1cc(C(C)(C)C)ccc1-c1nccc2ccccc12. The summed E-state index contributed by atoms with van der Waals surface area (Å²) >= 11 is 0. The van der Waals surface area contributed by atoms with Crippen molar-refractivity contribution in [1.29, 1.82) is 0 Å². The van der Waals surface area contributed by atoms with Gasteiger partial charge in [-0.25, -0.2) is 0 Å². The summed E-state index contributed by atoms with van der Waals surface area (Å²) in [6, 6.07) is 17.7.